The van der Waals surface area contributed by atoms with E-state index in [2.05, 4.69) is 4.74 Å². The zero-order chi connectivity index (χ0) is 5.70. The Hall–Kier alpha value is -0.430. The summed E-state index contributed by atoms with van der Waals surface area (Å²) in [5.74, 6) is -0.448. The Morgan fingerprint density at radius 1 is 1.86 bits per heavy atom. The lowest BCUT2D eigenvalue weighted by atomic mass is 10.8. The fraction of sp³-hybridized carbons (Fsp3) is 0.667. The predicted molar refractivity (Wildman–Crippen MR) is 24.5 cm³/mol. The van der Waals surface area contributed by atoms with Crippen LogP contribution in [-0.4, -0.2) is 19.2 Å². The maximum atomic E-state index is 9.98. The molecule has 0 rings (SSSR count). The summed E-state index contributed by atoms with van der Waals surface area (Å²) in [6.07, 6.45) is -0.0451. The summed E-state index contributed by atoms with van der Waals surface area (Å²) in [4.78, 5) is 9.98. The van der Waals surface area contributed by atoms with Gasteiger partial charge in [0.1, 0.15) is 6.16 Å². The van der Waals surface area contributed by atoms with E-state index in [-0.39, 0.29) is 14.6 Å². The van der Waals surface area contributed by atoms with Crippen LogP contribution in [0.15, 0.2) is 0 Å². The van der Waals surface area contributed by atoms with E-state index in [0.717, 1.165) is 0 Å². The van der Waals surface area contributed by atoms with Crippen molar-refractivity contribution in [2.24, 2.45) is 0 Å². The first-order valence-electron chi connectivity index (χ1n) is 1.67. The van der Waals surface area contributed by atoms with Crippen LogP contribution in [0.25, 0.3) is 0 Å². The zero-order valence-corrected chi connectivity index (χ0v) is 4.77. The lowest BCUT2D eigenvalue weighted by Gasteiger charge is -1.86. The number of methoxy groups -OCH3 is 1. The van der Waals surface area contributed by atoms with Gasteiger partial charge in [-0.1, -0.05) is 0 Å². The Balaban J connectivity index is 3.17. The van der Waals surface area contributed by atoms with E-state index in [1.807, 2.05) is 0 Å². The van der Waals surface area contributed by atoms with Gasteiger partial charge < -0.3 is 4.74 Å². The minimum absolute atomic E-state index is 0.0451. The summed E-state index contributed by atoms with van der Waals surface area (Å²) in [6.45, 7) is 0. The molecule has 0 aromatic carbocycles. The molecular formula is C3H5O3P. The van der Waals surface area contributed by atoms with Gasteiger partial charge in [0.05, 0.1) is 7.11 Å². The predicted octanol–water partition coefficient (Wildman–Crippen LogP) is 0.451. The Labute approximate surface area is 42.9 Å². The van der Waals surface area contributed by atoms with Crippen LogP contribution < -0.4 is 0 Å². The molecule has 0 bridgehead atoms. The van der Waals surface area contributed by atoms with E-state index in [1.165, 1.54) is 7.11 Å². The van der Waals surface area contributed by atoms with Crippen molar-refractivity contribution in [2.75, 3.05) is 13.3 Å². The SMILES string of the molecule is COC(=O)CP=O. The highest BCUT2D eigenvalue weighted by Crippen LogP contribution is 1.89. The van der Waals surface area contributed by atoms with Gasteiger partial charge in [-0.3, -0.25) is 9.36 Å². The highest BCUT2D eigenvalue weighted by Gasteiger charge is 1.94. The molecule has 0 radical (unpaired) electrons. The van der Waals surface area contributed by atoms with Crippen LogP contribution >= 0.6 is 8.46 Å². The number of rotatable bonds is 2. The molecule has 0 fully saturated rings. The van der Waals surface area contributed by atoms with Crippen molar-refractivity contribution in [1.29, 1.82) is 0 Å². The third-order valence-corrected chi connectivity index (χ3v) is 0.809. The Bertz CT molecular complexity index is 80.2. The molecule has 0 amide bonds. The largest absolute Gasteiger partial charge is 0.468 e. The monoisotopic (exact) mass is 120 g/mol. The van der Waals surface area contributed by atoms with Gasteiger partial charge in [0.25, 0.3) is 0 Å². The summed E-state index contributed by atoms with van der Waals surface area (Å²) < 4.78 is 13.7. The van der Waals surface area contributed by atoms with Gasteiger partial charge in [-0.05, 0) is 0 Å². The van der Waals surface area contributed by atoms with Crippen LogP contribution in [0.4, 0.5) is 0 Å². The molecule has 0 aliphatic carbocycles. The Morgan fingerprint density at radius 3 is 2.57 bits per heavy atom. The minimum Gasteiger partial charge on any atom is -0.468 e. The second-order valence-corrected chi connectivity index (χ2v) is 1.44. The molecule has 0 spiro atoms. The zero-order valence-electron chi connectivity index (χ0n) is 3.88. The van der Waals surface area contributed by atoms with Crippen molar-refractivity contribution in [3.8, 4) is 0 Å². The molecule has 7 heavy (non-hydrogen) atoms. The molecule has 4 heteroatoms. The normalized spacial score (nSPS) is 8.71. The number of hydrogen-bond donors (Lipinski definition) is 0. The second-order valence-electron chi connectivity index (χ2n) is 0.863. The molecule has 40 valence electrons. The summed E-state index contributed by atoms with van der Waals surface area (Å²) >= 11 is 0. The van der Waals surface area contributed by atoms with Gasteiger partial charge in [-0.15, -0.1) is 0 Å². The molecule has 0 N–H and O–H groups in total. The fourth-order valence-corrected chi connectivity index (χ4v) is 0.352. The molecule has 0 unspecified atom stereocenters. The maximum Gasteiger partial charge on any atom is 0.317 e. The average Bonchev–Trinajstić information content (AvgIpc) is 1.68. The van der Waals surface area contributed by atoms with Gasteiger partial charge in [-0.25, -0.2) is 0 Å². The van der Waals surface area contributed by atoms with Crippen molar-refractivity contribution in [2.45, 2.75) is 0 Å². The Morgan fingerprint density at radius 2 is 2.43 bits per heavy atom. The molecule has 0 saturated heterocycles. The van der Waals surface area contributed by atoms with Gasteiger partial charge in [0, 0.05) is 0 Å². The molecule has 0 saturated carbocycles. The van der Waals surface area contributed by atoms with E-state index < -0.39 is 5.97 Å². The average molecular weight is 120 g/mol. The topological polar surface area (TPSA) is 43.4 Å². The van der Waals surface area contributed by atoms with Crippen LogP contribution in [0.1, 0.15) is 0 Å². The quantitative estimate of drug-likeness (QED) is 0.392. The molecule has 3 nitrogen and oxygen atoms in total. The second kappa shape index (κ2) is 3.75. The summed E-state index contributed by atoms with van der Waals surface area (Å²) in [6, 6.07) is 0. The van der Waals surface area contributed by atoms with Crippen LogP contribution in [0.2, 0.25) is 0 Å². The van der Waals surface area contributed by atoms with Gasteiger partial charge in [0.2, 0.25) is 0 Å². The van der Waals surface area contributed by atoms with E-state index in [0.29, 0.717) is 0 Å². The molecule has 0 atom stereocenters. The summed E-state index contributed by atoms with van der Waals surface area (Å²) in [5.41, 5.74) is 0. The Kier molecular flexibility index (Phi) is 3.52. The minimum atomic E-state index is -0.448. The third kappa shape index (κ3) is 3.40. The van der Waals surface area contributed by atoms with E-state index in [4.69, 9.17) is 0 Å². The van der Waals surface area contributed by atoms with Crippen molar-refractivity contribution < 1.29 is 14.1 Å². The molecule has 0 aliphatic heterocycles. The van der Waals surface area contributed by atoms with E-state index in [1.54, 1.807) is 0 Å². The lowest BCUT2D eigenvalue weighted by molar-refractivity contribution is -0.137. The standard InChI is InChI=1S/C3H5O3P/c1-6-3(4)2-7-5/h2H2,1H3. The summed E-state index contributed by atoms with van der Waals surface area (Å²) in [5, 5.41) is 0. The number of ether oxygens (including phenoxy) is 1. The molecular weight excluding hydrogens is 115 g/mol. The highest BCUT2D eigenvalue weighted by atomic mass is 31.1. The van der Waals surface area contributed by atoms with Gasteiger partial charge in [-0.2, -0.15) is 0 Å². The first kappa shape index (κ1) is 6.57. The van der Waals surface area contributed by atoms with Crippen molar-refractivity contribution >= 4 is 14.4 Å². The summed E-state index contributed by atoms with van der Waals surface area (Å²) in [7, 11) is 1.07. The molecule has 0 aromatic heterocycles. The molecule has 0 aromatic rings. The van der Waals surface area contributed by atoms with E-state index >= 15 is 0 Å². The molecule has 0 heterocycles. The lowest BCUT2D eigenvalue weighted by Crippen LogP contribution is -1.99. The third-order valence-electron chi connectivity index (χ3n) is 0.421. The smallest absolute Gasteiger partial charge is 0.317 e. The van der Waals surface area contributed by atoms with Gasteiger partial charge >= 0.3 is 5.97 Å². The number of carbonyl (C=O) groups is 1. The fourth-order valence-electron chi connectivity index (χ4n) is 0.117. The first-order valence-corrected chi connectivity index (χ1v) is 2.67. The number of esters is 1. The van der Waals surface area contributed by atoms with Crippen LogP contribution in [0, 0.1) is 0 Å². The van der Waals surface area contributed by atoms with Crippen LogP contribution in [-0.2, 0) is 14.1 Å². The van der Waals surface area contributed by atoms with Crippen molar-refractivity contribution in [1.82, 2.24) is 0 Å². The highest BCUT2D eigenvalue weighted by molar-refractivity contribution is 7.25. The first-order chi connectivity index (χ1) is 3.31. The van der Waals surface area contributed by atoms with Gasteiger partial charge in [0.15, 0.2) is 8.46 Å². The van der Waals surface area contributed by atoms with E-state index in [9.17, 15) is 9.36 Å². The van der Waals surface area contributed by atoms with Crippen molar-refractivity contribution in [3.05, 3.63) is 0 Å². The number of hydrogen-bond acceptors (Lipinski definition) is 3. The van der Waals surface area contributed by atoms with Crippen LogP contribution in [0.3, 0.4) is 0 Å². The number of carbonyl (C=O) groups excluding carboxylic acids is 1. The molecule has 0 aliphatic rings. The maximum absolute atomic E-state index is 9.98. The van der Waals surface area contributed by atoms with Crippen molar-refractivity contribution in [3.63, 3.8) is 0 Å². The van der Waals surface area contributed by atoms with Crippen LogP contribution in [0.5, 0.6) is 0 Å².